The van der Waals surface area contributed by atoms with E-state index in [2.05, 4.69) is 26.2 Å². The molecule has 132 valence electrons. The molecule has 1 amide bonds. The number of nitrogens with one attached hydrogen (secondary N) is 1. The van der Waals surface area contributed by atoms with Crippen molar-refractivity contribution in [3.63, 3.8) is 0 Å². The molecule has 0 radical (unpaired) electrons. The molecule has 1 aromatic heterocycles. The van der Waals surface area contributed by atoms with Crippen molar-refractivity contribution in [2.75, 3.05) is 44.7 Å². The Morgan fingerprint density at radius 2 is 2.04 bits per heavy atom. The fraction of sp³-hybridized carbons (Fsp3) is 0.722. The van der Waals surface area contributed by atoms with Gasteiger partial charge in [0.25, 0.3) is 0 Å². The summed E-state index contributed by atoms with van der Waals surface area (Å²) in [6, 6.07) is 2.20. The van der Waals surface area contributed by atoms with Crippen LogP contribution in [0.15, 0.2) is 6.07 Å². The number of nitrogens with zero attached hydrogens (tertiary/aromatic N) is 4. The zero-order chi connectivity index (χ0) is 16.9. The van der Waals surface area contributed by atoms with Gasteiger partial charge in [-0.2, -0.15) is 0 Å². The Bertz CT molecular complexity index is 571. The monoisotopic (exact) mass is 331 g/mol. The lowest BCUT2D eigenvalue weighted by atomic mass is 9.94. The molecule has 2 fully saturated rings. The van der Waals surface area contributed by atoms with Crippen molar-refractivity contribution in [3.8, 4) is 0 Å². The van der Waals surface area contributed by atoms with Crippen LogP contribution in [0.1, 0.15) is 49.5 Å². The zero-order valence-corrected chi connectivity index (χ0v) is 14.9. The van der Waals surface area contributed by atoms with Gasteiger partial charge in [-0.25, -0.2) is 9.97 Å². The van der Waals surface area contributed by atoms with Crippen LogP contribution in [0.3, 0.4) is 0 Å². The third-order valence-corrected chi connectivity index (χ3v) is 5.13. The smallest absolute Gasteiger partial charge is 0.221 e. The fourth-order valence-corrected chi connectivity index (χ4v) is 3.78. The summed E-state index contributed by atoms with van der Waals surface area (Å²) >= 11 is 0. The lowest BCUT2D eigenvalue weighted by Crippen LogP contribution is -2.37. The Morgan fingerprint density at radius 1 is 1.25 bits per heavy atom. The molecule has 2 aliphatic rings. The lowest BCUT2D eigenvalue weighted by molar-refractivity contribution is -0.121. The zero-order valence-electron chi connectivity index (χ0n) is 14.9. The number of anilines is 1. The van der Waals surface area contributed by atoms with Crippen LogP contribution in [-0.4, -0.2) is 60.5 Å². The quantitative estimate of drug-likeness (QED) is 0.890. The number of carbonyl (C=O) groups is 1. The highest BCUT2D eigenvalue weighted by Gasteiger charge is 2.24. The second kappa shape index (κ2) is 7.92. The second-order valence-corrected chi connectivity index (χ2v) is 6.96. The maximum absolute atomic E-state index is 11.5. The first-order valence-electron chi connectivity index (χ1n) is 9.19. The maximum Gasteiger partial charge on any atom is 0.221 e. The van der Waals surface area contributed by atoms with Gasteiger partial charge < -0.3 is 15.1 Å². The molecule has 0 bridgehead atoms. The number of hydrogen-bond donors (Lipinski definition) is 1. The highest BCUT2D eigenvalue weighted by molar-refractivity contribution is 5.75. The van der Waals surface area contributed by atoms with Crippen LogP contribution in [0.2, 0.25) is 0 Å². The summed E-state index contributed by atoms with van der Waals surface area (Å²) in [4.78, 5) is 25.6. The Labute approximate surface area is 144 Å². The van der Waals surface area contributed by atoms with Crippen molar-refractivity contribution >= 4 is 11.7 Å². The topological polar surface area (TPSA) is 61.4 Å². The van der Waals surface area contributed by atoms with Gasteiger partial charge in [0.05, 0.1) is 5.69 Å². The largest absolute Gasteiger partial charge is 0.359 e. The Kier molecular flexibility index (Phi) is 5.66. The fourth-order valence-electron chi connectivity index (χ4n) is 3.78. The van der Waals surface area contributed by atoms with E-state index < -0.39 is 0 Å². The van der Waals surface area contributed by atoms with Gasteiger partial charge in [0, 0.05) is 51.6 Å². The Balaban J connectivity index is 1.67. The van der Waals surface area contributed by atoms with Crippen molar-refractivity contribution in [1.82, 2.24) is 20.2 Å². The molecule has 2 aliphatic heterocycles. The lowest BCUT2D eigenvalue weighted by Gasteiger charge is -2.32. The summed E-state index contributed by atoms with van der Waals surface area (Å²) < 4.78 is 0. The predicted octanol–water partition coefficient (Wildman–Crippen LogP) is 1.70. The molecule has 24 heavy (non-hydrogen) atoms. The third kappa shape index (κ3) is 4.23. The Morgan fingerprint density at radius 3 is 2.79 bits per heavy atom. The van der Waals surface area contributed by atoms with Crippen molar-refractivity contribution in [2.24, 2.45) is 0 Å². The van der Waals surface area contributed by atoms with E-state index in [9.17, 15) is 4.79 Å². The van der Waals surface area contributed by atoms with Crippen molar-refractivity contribution < 1.29 is 4.79 Å². The minimum absolute atomic E-state index is 0.117. The normalized spacial score (nSPS) is 21.9. The standard InChI is InChI=1S/C18H29N5O/c1-14-20-16(12-17(21-14)23-9-3-4-10-23)15-6-5-8-22(13-15)11-7-18(24)19-2/h12,15H,3-11,13H2,1-2H3,(H,19,24). The van der Waals surface area contributed by atoms with Gasteiger partial charge >= 0.3 is 0 Å². The molecule has 1 N–H and O–H groups in total. The highest BCUT2D eigenvalue weighted by Crippen LogP contribution is 2.28. The first-order chi connectivity index (χ1) is 11.7. The van der Waals surface area contributed by atoms with E-state index >= 15 is 0 Å². The van der Waals surface area contributed by atoms with Gasteiger partial charge in [-0.3, -0.25) is 4.79 Å². The number of amides is 1. The number of piperidine rings is 1. The summed E-state index contributed by atoms with van der Waals surface area (Å²) in [7, 11) is 1.70. The van der Waals surface area contributed by atoms with E-state index in [-0.39, 0.29) is 5.91 Å². The first-order valence-corrected chi connectivity index (χ1v) is 9.19. The molecular formula is C18H29N5O. The summed E-state index contributed by atoms with van der Waals surface area (Å²) in [6.45, 7) is 7.12. The van der Waals surface area contributed by atoms with E-state index in [4.69, 9.17) is 4.98 Å². The minimum atomic E-state index is 0.117. The molecule has 2 saturated heterocycles. The maximum atomic E-state index is 11.5. The van der Waals surface area contributed by atoms with E-state index in [0.717, 1.165) is 44.4 Å². The van der Waals surface area contributed by atoms with Crippen LogP contribution in [0.4, 0.5) is 5.82 Å². The average Bonchev–Trinajstić information content (AvgIpc) is 3.14. The third-order valence-electron chi connectivity index (χ3n) is 5.13. The van der Waals surface area contributed by atoms with Crippen LogP contribution in [-0.2, 0) is 4.79 Å². The molecular weight excluding hydrogens is 302 g/mol. The number of aromatic nitrogens is 2. The van der Waals surface area contributed by atoms with E-state index in [1.807, 2.05) is 6.92 Å². The Hall–Kier alpha value is -1.69. The molecule has 1 aromatic rings. The molecule has 6 nitrogen and oxygen atoms in total. The SMILES string of the molecule is CNC(=O)CCN1CCCC(c2cc(N3CCCC3)nc(C)n2)C1. The molecule has 3 heterocycles. The van der Waals surface area contributed by atoms with Crippen LogP contribution < -0.4 is 10.2 Å². The molecule has 0 aromatic carbocycles. The number of carbonyl (C=O) groups excluding carboxylic acids is 1. The number of aryl methyl sites for hydroxylation is 1. The summed E-state index contributed by atoms with van der Waals surface area (Å²) in [6.07, 6.45) is 5.43. The van der Waals surface area contributed by atoms with Crippen LogP contribution in [0.25, 0.3) is 0 Å². The molecule has 3 rings (SSSR count). The first kappa shape index (κ1) is 17.1. The molecule has 1 unspecified atom stereocenters. The number of likely N-dealkylation sites (tertiary alicyclic amines) is 1. The van der Waals surface area contributed by atoms with E-state index in [1.165, 1.54) is 31.4 Å². The van der Waals surface area contributed by atoms with Crippen molar-refractivity contribution in [1.29, 1.82) is 0 Å². The second-order valence-electron chi connectivity index (χ2n) is 6.96. The van der Waals surface area contributed by atoms with E-state index in [1.54, 1.807) is 7.05 Å². The van der Waals surface area contributed by atoms with Gasteiger partial charge in [0.2, 0.25) is 5.91 Å². The summed E-state index contributed by atoms with van der Waals surface area (Å²) in [5.74, 6) is 2.53. The van der Waals surface area contributed by atoms with Crippen LogP contribution in [0.5, 0.6) is 0 Å². The van der Waals surface area contributed by atoms with Crippen molar-refractivity contribution in [2.45, 2.75) is 44.9 Å². The van der Waals surface area contributed by atoms with Gasteiger partial charge in [0.1, 0.15) is 11.6 Å². The molecule has 0 aliphatic carbocycles. The molecule has 0 spiro atoms. The summed E-state index contributed by atoms with van der Waals surface area (Å²) in [5, 5.41) is 2.70. The minimum Gasteiger partial charge on any atom is -0.359 e. The van der Waals surface area contributed by atoms with Gasteiger partial charge in [-0.05, 0) is 39.2 Å². The molecule has 1 atom stereocenters. The van der Waals surface area contributed by atoms with Gasteiger partial charge in [0.15, 0.2) is 0 Å². The number of rotatable bonds is 5. The number of hydrogen-bond acceptors (Lipinski definition) is 5. The molecule has 0 saturated carbocycles. The van der Waals surface area contributed by atoms with Crippen LogP contribution >= 0.6 is 0 Å². The highest BCUT2D eigenvalue weighted by atomic mass is 16.1. The molecule has 6 heteroatoms. The van der Waals surface area contributed by atoms with Gasteiger partial charge in [-0.15, -0.1) is 0 Å². The van der Waals surface area contributed by atoms with Crippen LogP contribution in [0, 0.1) is 6.92 Å². The summed E-state index contributed by atoms with van der Waals surface area (Å²) in [5.41, 5.74) is 1.18. The van der Waals surface area contributed by atoms with Gasteiger partial charge in [-0.1, -0.05) is 0 Å². The van der Waals surface area contributed by atoms with E-state index in [0.29, 0.717) is 12.3 Å². The average molecular weight is 331 g/mol. The van der Waals surface area contributed by atoms with Crippen molar-refractivity contribution in [3.05, 3.63) is 17.6 Å². The predicted molar refractivity (Wildman–Crippen MR) is 95.3 cm³/mol.